The minimum absolute atomic E-state index is 0.0503. The Labute approximate surface area is 182 Å². The highest BCUT2D eigenvalue weighted by Gasteiger charge is 2.27. The van der Waals surface area contributed by atoms with Gasteiger partial charge in [-0.1, -0.05) is 26.0 Å². The number of amides is 1. The number of carbonyl (C=O) groups excluding carboxylic acids is 1. The van der Waals surface area contributed by atoms with Gasteiger partial charge in [0.2, 0.25) is 15.9 Å². The molecule has 6 nitrogen and oxygen atoms in total. The van der Waals surface area contributed by atoms with Crippen LogP contribution in [0.5, 0.6) is 0 Å². The van der Waals surface area contributed by atoms with Gasteiger partial charge < -0.3 is 10.2 Å². The second kappa shape index (κ2) is 10.2. The predicted octanol–water partition coefficient (Wildman–Crippen LogP) is 2.89. The Bertz CT molecular complexity index is 793. The molecule has 0 bridgehead atoms. The Morgan fingerprint density at radius 1 is 1.10 bits per heavy atom. The van der Waals surface area contributed by atoms with Gasteiger partial charge in [-0.25, -0.2) is 8.42 Å². The lowest BCUT2D eigenvalue weighted by Gasteiger charge is -2.36. The summed E-state index contributed by atoms with van der Waals surface area (Å²) in [7, 11) is -3.38. The number of nitrogens with one attached hydrogen (secondary N) is 1. The van der Waals surface area contributed by atoms with Gasteiger partial charge >= 0.3 is 0 Å². The number of sulfonamides is 1. The van der Waals surface area contributed by atoms with Crippen LogP contribution in [0.1, 0.15) is 52.0 Å². The predicted molar refractivity (Wildman–Crippen MR) is 120 cm³/mol. The van der Waals surface area contributed by atoms with Gasteiger partial charge in [-0.3, -0.25) is 4.79 Å². The lowest BCUT2D eigenvalue weighted by Crippen LogP contribution is -2.47. The third-order valence-corrected chi connectivity index (χ3v) is 8.06. The van der Waals surface area contributed by atoms with Crippen molar-refractivity contribution in [3.05, 3.63) is 29.8 Å². The fourth-order valence-electron chi connectivity index (χ4n) is 4.88. The van der Waals surface area contributed by atoms with Crippen LogP contribution in [0.4, 0.5) is 0 Å². The maximum absolute atomic E-state index is 12.6. The monoisotopic (exact) mass is 435 g/mol. The van der Waals surface area contributed by atoms with Gasteiger partial charge in [-0.15, -0.1) is 0 Å². The van der Waals surface area contributed by atoms with Crippen molar-refractivity contribution in [2.24, 2.45) is 11.8 Å². The summed E-state index contributed by atoms with van der Waals surface area (Å²) in [4.78, 5) is 15.2. The molecule has 3 atom stereocenters. The Morgan fingerprint density at radius 3 is 2.30 bits per heavy atom. The van der Waals surface area contributed by atoms with E-state index >= 15 is 0 Å². The molecule has 1 amide bonds. The van der Waals surface area contributed by atoms with Crippen LogP contribution >= 0.6 is 0 Å². The number of piperidine rings is 1. The summed E-state index contributed by atoms with van der Waals surface area (Å²) < 4.78 is 26.7. The van der Waals surface area contributed by atoms with E-state index in [4.69, 9.17) is 0 Å². The van der Waals surface area contributed by atoms with Crippen LogP contribution in [0.25, 0.3) is 0 Å². The SMILES string of the molecule is CC1CC(C)CN(CC(C)NC(=O)CCc2ccc(S(=O)(=O)N3CCCC3)cc2)C1. The normalized spacial score (nSPS) is 24.6. The Kier molecular flexibility index (Phi) is 7.93. The molecular formula is C23H37N3O3S. The number of nitrogens with zero attached hydrogens (tertiary/aromatic N) is 2. The first-order chi connectivity index (χ1) is 14.2. The second-order valence-electron chi connectivity index (χ2n) is 9.39. The zero-order chi connectivity index (χ0) is 21.7. The van der Waals surface area contributed by atoms with Crippen LogP contribution in [-0.2, 0) is 21.2 Å². The van der Waals surface area contributed by atoms with E-state index < -0.39 is 10.0 Å². The molecule has 0 spiro atoms. The van der Waals surface area contributed by atoms with Gasteiger partial charge in [-0.05, 0) is 62.1 Å². The number of rotatable bonds is 8. The van der Waals surface area contributed by atoms with Crippen molar-refractivity contribution >= 4 is 15.9 Å². The van der Waals surface area contributed by atoms with E-state index in [1.54, 1.807) is 16.4 Å². The molecule has 0 aromatic heterocycles. The second-order valence-corrected chi connectivity index (χ2v) is 11.3. The molecule has 0 aliphatic carbocycles. The van der Waals surface area contributed by atoms with E-state index in [0.29, 0.717) is 42.7 Å². The molecule has 7 heteroatoms. The molecule has 0 saturated carbocycles. The van der Waals surface area contributed by atoms with Crippen molar-refractivity contribution in [2.75, 3.05) is 32.7 Å². The van der Waals surface area contributed by atoms with Crippen molar-refractivity contribution in [3.8, 4) is 0 Å². The Balaban J connectivity index is 1.44. The van der Waals surface area contributed by atoms with Gasteiger partial charge in [0.1, 0.15) is 0 Å². The van der Waals surface area contributed by atoms with Gasteiger partial charge in [0.05, 0.1) is 4.90 Å². The molecule has 2 saturated heterocycles. The third kappa shape index (κ3) is 6.28. The summed E-state index contributed by atoms with van der Waals surface area (Å²) in [5, 5.41) is 3.12. The molecule has 2 fully saturated rings. The largest absolute Gasteiger partial charge is 0.352 e. The molecule has 3 rings (SSSR count). The Hall–Kier alpha value is -1.44. The van der Waals surface area contributed by atoms with Crippen molar-refractivity contribution in [1.29, 1.82) is 0 Å². The average molecular weight is 436 g/mol. The molecule has 30 heavy (non-hydrogen) atoms. The van der Waals surface area contributed by atoms with E-state index in [9.17, 15) is 13.2 Å². The smallest absolute Gasteiger partial charge is 0.243 e. The molecule has 3 unspecified atom stereocenters. The van der Waals surface area contributed by atoms with Crippen LogP contribution < -0.4 is 5.32 Å². The first kappa shape index (κ1) is 23.2. The van der Waals surface area contributed by atoms with Crippen molar-refractivity contribution < 1.29 is 13.2 Å². The minimum atomic E-state index is -3.38. The molecule has 2 aliphatic heterocycles. The summed E-state index contributed by atoms with van der Waals surface area (Å²) in [6, 6.07) is 7.12. The molecule has 1 aromatic carbocycles. The third-order valence-electron chi connectivity index (χ3n) is 6.15. The van der Waals surface area contributed by atoms with Crippen LogP contribution in [0.2, 0.25) is 0 Å². The van der Waals surface area contributed by atoms with E-state index in [0.717, 1.165) is 38.0 Å². The van der Waals surface area contributed by atoms with Crippen LogP contribution in [0.3, 0.4) is 0 Å². The summed E-state index contributed by atoms with van der Waals surface area (Å²) in [5.74, 6) is 1.48. The maximum atomic E-state index is 12.6. The zero-order valence-corrected chi connectivity index (χ0v) is 19.5. The molecule has 0 radical (unpaired) electrons. The molecular weight excluding hydrogens is 398 g/mol. The van der Waals surface area contributed by atoms with Crippen molar-refractivity contribution in [1.82, 2.24) is 14.5 Å². The first-order valence-corrected chi connectivity index (χ1v) is 12.8. The summed E-state index contributed by atoms with van der Waals surface area (Å²) in [5.41, 5.74) is 0.983. The molecule has 2 aliphatic rings. The number of benzene rings is 1. The molecule has 1 N–H and O–H groups in total. The maximum Gasteiger partial charge on any atom is 0.243 e. The minimum Gasteiger partial charge on any atom is -0.352 e. The fourth-order valence-corrected chi connectivity index (χ4v) is 6.40. The van der Waals surface area contributed by atoms with Gasteiger partial charge in [0, 0.05) is 45.2 Å². The number of carbonyl (C=O) groups is 1. The van der Waals surface area contributed by atoms with E-state index in [1.165, 1.54) is 6.42 Å². The van der Waals surface area contributed by atoms with Crippen molar-refractivity contribution in [2.45, 2.75) is 63.8 Å². The highest BCUT2D eigenvalue weighted by atomic mass is 32.2. The van der Waals surface area contributed by atoms with Gasteiger partial charge in [0.15, 0.2) is 0 Å². The van der Waals surface area contributed by atoms with E-state index in [-0.39, 0.29) is 11.9 Å². The topological polar surface area (TPSA) is 69.7 Å². The van der Waals surface area contributed by atoms with E-state index in [1.807, 2.05) is 12.1 Å². The summed E-state index contributed by atoms with van der Waals surface area (Å²) in [6.07, 6.45) is 4.17. The number of hydrogen-bond donors (Lipinski definition) is 1. The molecule has 2 heterocycles. The zero-order valence-electron chi connectivity index (χ0n) is 18.6. The standard InChI is InChI=1S/C23H37N3O3S/c1-18-14-19(2)16-25(15-18)17-20(3)24-23(27)11-8-21-6-9-22(10-7-21)30(28,29)26-12-4-5-13-26/h6-7,9-10,18-20H,4-5,8,11-17H2,1-3H3,(H,24,27). The summed E-state index contributed by atoms with van der Waals surface area (Å²) in [6.45, 7) is 11.0. The lowest BCUT2D eigenvalue weighted by molar-refractivity contribution is -0.121. The summed E-state index contributed by atoms with van der Waals surface area (Å²) >= 11 is 0. The lowest BCUT2D eigenvalue weighted by atomic mass is 9.92. The molecule has 168 valence electrons. The van der Waals surface area contributed by atoms with E-state index in [2.05, 4.69) is 31.0 Å². The van der Waals surface area contributed by atoms with Gasteiger partial charge in [-0.2, -0.15) is 4.31 Å². The number of likely N-dealkylation sites (tertiary alicyclic amines) is 1. The van der Waals surface area contributed by atoms with Crippen LogP contribution in [-0.4, -0.2) is 62.3 Å². The van der Waals surface area contributed by atoms with Crippen molar-refractivity contribution in [3.63, 3.8) is 0 Å². The molecule has 1 aromatic rings. The quantitative estimate of drug-likeness (QED) is 0.682. The highest BCUT2D eigenvalue weighted by Crippen LogP contribution is 2.22. The first-order valence-electron chi connectivity index (χ1n) is 11.3. The van der Waals surface area contributed by atoms with Crippen LogP contribution in [0.15, 0.2) is 29.2 Å². The van der Waals surface area contributed by atoms with Gasteiger partial charge in [0.25, 0.3) is 0 Å². The van der Waals surface area contributed by atoms with Crippen LogP contribution in [0, 0.1) is 11.8 Å². The fraction of sp³-hybridized carbons (Fsp3) is 0.696. The number of hydrogen-bond acceptors (Lipinski definition) is 4. The number of aryl methyl sites for hydroxylation is 1. The average Bonchev–Trinajstić information content (AvgIpc) is 3.21. The Morgan fingerprint density at radius 2 is 1.70 bits per heavy atom. The highest BCUT2D eigenvalue weighted by molar-refractivity contribution is 7.89.